The van der Waals surface area contributed by atoms with Crippen molar-refractivity contribution in [1.82, 2.24) is 0 Å². The fourth-order valence-corrected chi connectivity index (χ4v) is 4.15. The molecule has 0 bridgehead atoms. The Morgan fingerprint density at radius 3 is 2.73 bits per heavy atom. The van der Waals surface area contributed by atoms with Crippen LogP contribution in [0.5, 0.6) is 5.75 Å². The number of rotatable bonds is 8. The third kappa shape index (κ3) is 7.00. The highest BCUT2D eigenvalue weighted by Crippen LogP contribution is 2.37. The van der Waals surface area contributed by atoms with Crippen LogP contribution in [0.3, 0.4) is 0 Å². The van der Waals surface area contributed by atoms with Gasteiger partial charge in [0.05, 0.1) is 0 Å². The van der Waals surface area contributed by atoms with E-state index in [1.165, 1.54) is 13.0 Å². The highest BCUT2D eigenvalue weighted by Gasteiger charge is 2.38. The Bertz CT molecular complexity index is 902. The molecule has 0 aromatic heterocycles. The Morgan fingerprint density at radius 1 is 1.24 bits per heavy atom. The number of Topliss-reactive ketones (excluding diaryl/α,β-unsaturated/α-hetero) is 1. The molecule has 1 unspecified atom stereocenters. The molecule has 0 radical (unpaired) electrons. The van der Waals surface area contributed by atoms with Crippen LogP contribution >= 0.6 is 0 Å². The van der Waals surface area contributed by atoms with Gasteiger partial charge in [0, 0.05) is 32.0 Å². The third-order valence-corrected chi connectivity index (χ3v) is 5.83. The van der Waals surface area contributed by atoms with Gasteiger partial charge in [0.25, 0.3) is 0 Å². The van der Waals surface area contributed by atoms with Gasteiger partial charge in [-0.2, -0.15) is 0 Å². The average Bonchev–Trinajstić information content (AvgIpc) is 2.78. The number of fused-ring (bicyclic) bond motifs is 1. The summed E-state index contributed by atoms with van der Waals surface area (Å²) in [6.45, 7) is 1.42. The van der Waals surface area contributed by atoms with Crippen molar-refractivity contribution in [3.05, 3.63) is 29.3 Å². The quantitative estimate of drug-likeness (QED) is 0.272. The molecule has 0 amide bonds. The van der Waals surface area contributed by atoms with Crippen LogP contribution in [0, 0.1) is 12.3 Å². The Balaban J connectivity index is 1.57. The van der Waals surface area contributed by atoms with Crippen molar-refractivity contribution in [2.45, 2.75) is 82.9 Å². The number of carbonyl (C=O) groups excluding carboxylic acids is 3. The second kappa shape index (κ2) is 11.8. The maximum atomic E-state index is 12.7. The van der Waals surface area contributed by atoms with Gasteiger partial charge in [-0.3, -0.25) is 4.79 Å². The summed E-state index contributed by atoms with van der Waals surface area (Å²) >= 11 is 0. The molecule has 1 heterocycles. The molecule has 1 aliphatic heterocycles. The molecule has 1 N–H and O–H groups in total. The largest absolute Gasteiger partial charge is 0.535 e. The highest BCUT2D eigenvalue weighted by molar-refractivity contribution is 6.47. The molecule has 2 aliphatic rings. The van der Waals surface area contributed by atoms with Crippen LogP contribution in [0.1, 0.15) is 74.2 Å². The second-order valence-corrected chi connectivity index (χ2v) is 8.43. The monoisotopic (exact) mass is 456 g/mol. The topological polar surface area (TPSA) is 108 Å². The number of esters is 1. The minimum absolute atomic E-state index is 0.0503. The molecule has 2 atom stereocenters. The molecule has 0 spiro atoms. The first-order valence-corrected chi connectivity index (χ1v) is 11.4. The second-order valence-electron chi connectivity index (χ2n) is 8.43. The van der Waals surface area contributed by atoms with Crippen molar-refractivity contribution in [3.63, 3.8) is 0 Å². The average molecular weight is 456 g/mol. The van der Waals surface area contributed by atoms with Gasteiger partial charge in [-0.15, -0.1) is 12.3 Å². The molecule has 1 aromatic carbocycles. The van der Waals surface area contributed by atoms with Crippen molar-refractivity contribution in [2.75, 3.05) is 0 Å². The fraction of sp³-hybridized carbons (Fsp3) is 0.542. The molecule has 1 aromatic rings. The highest BCUT2D eigenvalue weighted by atomic mass is 16.8. The van der Waals surface area contributed by atoms with Crippen LogP contribution in [0.4, 0.5) is 4.79 Å². The lowest BCUT2D eigenvalue weighted by Gasteiger charge is -2.28. The fourth-order valence-electron chi connectivity index (χ4n) is 4.15. The molecule has 33 heavy (non-hydrogen) atoms. The maximum absolute atomic E-state index is 12.7. The van der Waals surface area contributed by atoms with Crippen LogP contribution in [-0.2, 0) is 25.4 Å². The SMILES string of the molecule is C#CCCC(=O)C[C@H]1Cc2cccc(C(=O)OC(C)OC(=O)OC3CCCCC3)c2OB1O. The summed E-state index contributed by atoms with van der Waals surface area (Å²) < 4.78 is 21.2. The van der Waals surface area contributed by atoms with Crippen molar-refractivity contribution >= 4 is 25.0 Å². The summed E-state index contributed by atoms with van der Waals surface area (Å²) in [4.78, 5) is 36.7. The number of benzene rings is 1. The van der Waals surface area contributed by atoms with Crippen LogP contribution in [0.25, 0.3) is 0 Å². The first kappa shape index (κ1) is 24.7. The normalized spacial score (nSPS) is 18.8. The Labute approximate surface area is 194 Å². The molecule has 8 nitrogen and oxygen atoms in total. The van der Waals surface area contributed by atoms with Gasteiger partial charge in [0.2, 0.25) is 6.29 Å². The molecule has 3 rings (SSSR count). The molecular weight excluding hydrogens is 427 g/mol. The van der Waals surface area contributed by atoms with E-state index in [2.05, 4.69) is 5.92 Å². The first-order valence-electron chi connectivity index (χ1n) is 11.4. The maximum Gasteiger partial charge on any atom is 0.526 e. The van der Waals surface area contributed by atoms with E-state index in [-0.39, 0.29) is 36.0 Å². The van der Waals surface area contributed by atoms with Gasteiger partial charge in [0.15, 0.2) is 0 Å². The van der Waals surface area contributed by atoms with Gasteiger partial charge >= 0.3 is 19.2 Å². The van der Waals surface area contributed by atoms with Crippen molar-refractivity contribution in [3.8, 4) is 18.1 Å². The van der Waals surface area contributed by atoms with E-state index in [0.29, 0.717) is 18.4 Å². The number of terminal acetylenes is 1. The third-order valence-electron chi connectivity index (χ3n) is 5.83. The van der Waals surface area contributed by atoms with E-state index in [4.69, 9.17) is 25.3 Å². The first-order chi connectivity index (χ1) is 15.9. The predicted octanol–water partition coefficient (Wildman–Crippen LogP) is 3.83. The van der Waals surface area contributed by atoms with Crippen molar-refractivity contribution in [1.29, 1.82) is 0 Å². The van der Waals surface area contributed by atoms with Gasteiger partial charge in [-0.1, -0.05) is 18.6 Å². The molecule has 1 fully saturated rings. The molecule has 9 heteroatoms. The number of para-hydroxylation sites is 1. The minimum Gasteiger partial charge on any atom is -0.535 e. The number of ketones is 1. The summed E-state index contributed by atoms with van der Waals surface area (Å²) in [7, 11) is -1.25. The lowest BCUT2D eigenvalue weighted by atomic mass is 9.64. The van der Waals surface area contributed by atoms with E-state index in [0.717, 1.165) is 32.1 Å². The van der Waals surface area contributed by atoms with Gasteiger partial charge in [0.1, 0.15) is 23.2 Å². The number of hydrogen-bond acceptors (Lipinski definition) is 8. The molecule has 176 valence electrons. The Morgan fingerprint density at radius 2 is 2.00 bits per heavy atom. The summed E-state index contributed by atoms with van der Waals surface area (Å²) in [5.74, 6) is 1.37. The zero-order chi connectivity index (χ0) is 23.8. The summed E-state index contributed by atoms with van der Waals surface area (Å²) in [6, 6.07) is 4.92. The lowest BCUT2D eigenvalue weighted by molar-refractivity contribution is -0.119. The van der Waals surface area contributed by atoms with Gasteiger partial charge < -0.3 is 23.9 Å². The van der Waals surface area contributed by atoms with Crippen molar-refractivity contribution < 1.29 is 38.3 Å². The molecule has 1 saturated carbocycles. The van der Waals surface area contributed by atoms with E-state index >= 15 is 0 Å². The smallest absolute Gasteiger partial charge is 0.526 e. The summed E-state index contributed by atoms with van der Waals surface area (Å²) in [6.07, 6.45) is 8.82. The van der Waals surface area contributed by atoms with E-state index < -0.39 is 31.4 Å². The number of carbonyl (C=O) groups is 3. The zero-order valence-corrected chi connectivity index (χ0v) is 18.8. The lowest BCUT2D eigenvalue weighted by Crippen LogP contribution is -2.36. The van der Waals surface area contributed by atoms with Crippen molar-refractivity contribution in [2.24, 2.45) is 0 Å². The molecular formula is C24H29BO8. The standard InChI is InChI=1S/C24H29BO8/c1-3-4-10-19(26)15-18-14-17-9-8-13-21(22(17)33-25(18)29)23(27)30-16(2)31-24(28)32-20-11-6-5-7-12-20/h1,8-9,13,16,18,20,29H,4-7,10-12,14-15H2,2H3/t16?,18-/m1/s1. The molecule has 1 aliphatic carbocycles. The van der Waals surface area contributed by atoms with E-state index in [1.807, 2.05) is 0 Å². The molecule has 0 saturated heterocycles. The minimum atomic E-state index is -1.25. The zero-order valence-electron chi connectivity index (χ0n) is 18.8. The number of ether oxygens (including phenoxy) is 3. The number of hydrogen-bond donors (Lipinski definition) is 1. The Hall–Kier alpha value is -2.99. The van der Waals surface area contributed by atoms with Gasteiger partial charge in [-0.05, 0) is 43.7 Å². The Kier molecular flexibility index (Phi) is 8.78. The van der Waals surface area contributed by atoms with Crippen LogP contribution in [0.2, 0.25) is 5.82 Å². The predicted molar refractivity (Wildman–Crippen MR) is 120 cm³/mol. The summed E-state index contributed by atoms with van der Waals surface area (Å²) in [5, 5.41) is 10.4. The van der Waals surface area contributed by atoms with Crippen LogP contribution in [0.15, 0.2) is 18.2 Å². The van der Waals surface area contributed by atoms with E-state index in [1.54, 1.807) is 12.1 Å². The van der Waals surface area contributed by atoms with E-state index in [9.17, 15) is 19.4 Å². The van der Waals surface area contributed by atoms with Gasteiger partial charge in [-0.25, -0.2) is 9.59 Å². The summed E-state index contributed by atoms with van der Waals surface area (Å²) in [5.41, 5.74) is 0.773. The van der Waals surface area contributed by atoms with Crippen LogP contribution in [-0.4, -0.2) is 42.4 Å². The van der Waals surface area contributed by atoms with Crippen LogP contribution < -0.4 is 4.65 Å².